The Morgan fingerprint density at radius 2 is 2.20 bits per heavy atom. The number of ether oxygens (including phenoxy) is 1. The van der Waals surface area contributed by atoms with E-state index in [1.54, 1.807) is 7.11 Å². The zero-order chi connectivity index (χ0) is 14.5. The minimum Gasteiger partial charge on any atom is -0.496 e. The Kier molecular flexibility index (Phi) is 4.79. The number of aryl methyl sites for hydroxylation is 1. The maximum Gasteiger partial charge on any atom is 0.261 e. The Labute approximate surface area is 123 Å². The van der Waals surface area contributed by atoms with Gasteiger partial charge in [-0.2, -0.15) is 0 Å². The van der Waals surface area contributed by atoms with Crippen LogP contribution in [0.5, 0.6) is 5.75 Å². The second kappa shape index (κ2) is 6.57. The standard InChI is InChI=1S/C16H19NO2S/c1-4-13(17-16(18)15-6-5-9-20-15)12-7-8-14(19-3)11(2)10-12/h5-10,13H,4H2,1-3H3,(H,17,18)/t13-/m1/s1. The van der Waals surface area contributed by atoms with E-state index < -0.39 is 0 Å². The molecule has 4 heteroatoms. The van der Waals surface area contributed by atoms with Crippen LogP contribution in [0.2, 0.25) is 0 Å². The molecule has 106 valence electrons. The molecule has 0 unspecified atom stereocenters. The van der Waals surface area contributed by atoms with Gasteiger partial charge in [-0.25, -0.2) is 0 Å². The van der Waals surface area contributed by atoms with Crippen molar-refractivity contribution < 1.29 is 9.53 Å². The second-order valence-electron chi connectivity index (χ2n) is 4.64. The molecular weight excluding hydrogens is 270 g/mol. The number of amides is 1. The summed E-state index contributed by atoms with van der Waals surface area (Å²) in [4.78, 5) is 12.9. The largest absolute Gasteiger partial charge is 0.496 e. The molecule has 0 saturated heterocycles. The minimum absolute atomic E-state index is 0.0136. The normalized spacial score (nSPS) is 11.9. The molecule has 0 aliphatic heterocycles. The van der Waals surface area contributed by atoms with E-state index in [0.29, 0.717) is 0 Å². The van der Waals surface area contributed by atoms with Gasteiger partial charge in [0.1, 0.15) is 5.75 Å². The first-order valence-corrected chi connectivity index (χ1v) is 7.52. The smallest absolute Gasteiger partial charge is 0.261 e. The van der Waals surface area contributed by atoms with Gasteiger partial charge in [-0.15, -0.1) is 11.3 Å². The van der Waals surface area contributed by atoms with Crippen LogP contribution in [0.25, 0.3) is 0 Å². The lowest BCUT2D eigenvalue weighted by Gasteiger charge is -2.18. The van der Waals surface area contributed by atoms with E-state index in [4.69, 9.17) is 4.74 Å². The van der Waals surface area contributed by atoms with E-state index in [0.717, 1.165) is 28.2 Å². The molecular formula is C16H19NO2S. The first-order valence-electron chi connectivity index (χ1n) is 6.64. The first-order chi connectivity index (χ1) is 9.65. The molecule has 0 spiro atoms. The van der Waals surface area contributed by atoms with Crippen LogP contribution in [0.1, 0.15) is 40.2 Å². The summed E-state index contributed by atoms with van der Waals surface area (Å²) >= 11 is 1.46. The third kappa shape index (κ3) is 3.20. The van der Waals surface area contributed by atoms with Crippen LogP contribution < -0.4 is 10.1 Å². The molecule has 2 rings (SSSR count). The average molecular weight is 289 g/mol. The number of methoxy groups -OCH3 is 1. The third-order valence-electron chi connectivity index (χ3n) is 3.28. The van der Waals surface area contributed by atoms with Gasteiger partial charge in [-0.3, -0.25) is 4.79 Å². The summed E-state index contributed by atoms with van der Waals surface area (Å²) < 4.78 is 5.27. The highest BCUT2D eigenvalue weighted by molar-refractivity contribution is 7.12. The first kappa shape index (κ1) is 14.6. The van der Waals surface area contributed by atoms with E-state index in [1.165, 1.54) is 11.3 Å². The van der Waals surface area contributed by atoms with Crippen molar-refractivity contribution in [3.05, 3.63) is 51.7 Å². The predicted molar refractivity (Wildman–Crippen MR) is 82.5 cm³/mol. The highest BCUT2D eigenvalue weighted by Crippen LogP contribution is 2.24. The van der Waals surface area contributed by atoms with Gasteiger partial charge in [-0.05, 0) is 42.0 Å². The molecule has 0 radical (unpaired) electrons. The van der Waals surface area contributed by atoms with Crippen molar-refractivity contribution in [2.75, 3.05) is 7.11 Å². The third-order valence-corrected chi connectivity index (χ3v) is 4.15. The summed E-state index contributed by atoms with van der Waals surface area (Å²) in [5, 5.41) is 4.99. The van der Waals surface area contributed by atoms with Crippen molar-refractivity contribution in [3.63, 3.8) is 0 Å². The molecule has 0 saturated carbocycles. The van der Waals surface area contributed by atoms with Crippen LogP contribution in [-0.2, 0) is 0 Å². The van der Waals surface area contributed by atoms with Crippen molar-refractivity contribution >= 4 is 17.2 Å². The van der Waals surface area contributed by atoms with E-state index in [-0.39, 0.29) is 11.9 Å². The molecule has 0 aliphatic carbocycles. The van der Waals surface area contributed by atoms with Gasteiger partial charge in [0.25, 0.3) is 5.91 Å². The Balaban J connectivity index is 2.16. The van der Waals surface area contributed by atoms with E-state index in [9.17, 15) is 4.79 Å². The van der Waals surface area contributed by atoms with Gasteiger partial charge in [0.2, 0.25) is 0 Å². The summed E-state index contributed by atoms with van der Waals surface area (Å²) in [6.45, 7) is 4.08. The summed E-state index contributed by atoms with van der Waals surface area (Å²) in [7, 11) is 1.66. The zero-order valence-electron chi connectivity index (χ0n) is 12.0. The van der Waals surface area contributed by atoms with Gasteiger partial charge < -0.3 is 10.1 Å². The van der Waals surface area contributed by atoms with Crippen LogP contribution in [-0.4, -0.2) is 13.0 Å². The lowest BCUT2D eigenvalue weighted by Crippen LogP contribution is -2.27. The average Bonchev–Trinajstić information content (AvgIpc) is 2.98. The van der Waals surface area contributed by atoms with Crippen molar-refractivity contribution in [2.45, 2.75) is 26.3 Å². The maximum absolute atomic E-state index is 12.1. The number of rotatable bonds is 5. The quantitative estimate of drug-likeness (QED) is 0.905. The van der Waals surface area contributed by atoms with Crippen LogP contribution in [0.15, 0.2) is 35.7 Å². The van der Waals surface area contributed by atoms with Gasteiger partial charge in [0.05, 0.1) is 18.0 Å². The van der Waals surface area contributed by atoms with Crippen molar-refractivity contribution in [2.24, 2.45) is 0 Å². The number of carbonyl (C=O) groups excluding carboxylic acids is 1. The van der Waals surface area contributed by atoms with Gasteiger partial charge in [-0.1, -0.05) is 25.1 Å². The number of benzene rings is 1. The summed E-state index contributed by atoms with van der Waals surface area (Å²) in [6, 6.07) is 9.78. The molecule has 3 nitrogen and oxygen atoms in total. The monoisotopic (exact) mass is 289 g/mol. The molecule has 1 atom stereocenters. The molecule has 2 aromatic rings. The van der Waals surface area contributed by atoms with E-state index >= 15 is 0 Å². The Morgan fingerprint density at radius 3 is 2.75 bits per heavy atom. The molecule has 1 heterocycles. The topological polar surface area (TPSA) is 38.3 Å². The number of carbonyl (C=O) groups is 1. The van der Waals surface area contributed by atoms with Crippen LogP contribution in [0, 0.1) is 6.92 Å². The van der Waals surface area contributed by atoms with E-state index in [2.05, 4.69) is 18.3 Å². The fraction of sp³-hybridized carbons (Fsp3) is 0.312. The van der Waals surface area contributed by atoms with Crippen LogP contribution in [0.4, 0.5) is 0 Å². The highest BCUT2D eigenvalue weighted by Gasteiger charge is 2.15. The fourth-order valence-electron chi connectivity index (χ4n) is 2.18. The van der Waals surface area contributed by atoms with Crippen molar-refractivity contribution in [3.8, 4) is 5.75 Å². The van der Waals surface area contributed by atoms with Gasteiger partial charge in [0, 0.05) is 0 Å². The predicted octanol–water partition coefficient (Wildman–Crippen LogP) is 3.95. The number of hydrogen-bond acceptors (Lipinski definition) is 3. The van der Waals surface area contributed by atoms with Crippen molar-refractivity contribution in [1.82, 2.24) is 5.32 Å². The van der Waals surface area contributed by atoms with Crippen molar-refractivity contribution in [1.29, 1.82) is 0 Å². The number of nitrogens with one attached hydrogen (secondary N) is 1. The Bertz CT molecular complexity index is 578. The van der Waals surface area contributed by atoms with Crippen LogP contribution >= 0.6 is 11.3 Å². The fourth-order valence-corrected chi connectivity index (χ4v) is 2.80. The van der Waals surface area contributed by atoms with Crippen LogP contribution in [0.3, 0.4) is 0 Å². The Morgan fingerprint density at radius 1 is 1.40 bits per heavy atom. The molecule has 0 aliphatic rings. The maximum atomic E-state index is 12.1. The number of thiophene rings is 1. The van der Waals surface area contributed by atoms with Gasteiger partial charge in [0.15, 0.2) is 0 Å². The highest BCUT2D eigenvalue weighted by atomic mass is 32.1. The molecule has 0 fully saturated rings. The molecule has 1 aromatic carbocycles. The molecule has 0 bridgehead atoms. The SMILES string of the molecule is CC[C@@H](NC(=O)c1cccs1)c1ccc(OC)c(C)c1. The van der Waals surface area contributed by atoms with E-state index in [1.807, 2.05) is 36.6 Å². The molecule has 1 amide bonds. The molecule has 1 aromatic heterocycles. The summed E-state index contributed by atoms with van der Waals surface area (Å²) in [6.07, 6.45) is 0.850. The zero-order valence-corrected chi connectivity index (χ0v) is 12.8. The molecule has 20 heavy (non-hydrogen) atoms. The lowest BCUT2D eigenvalue weighted by molar-refractivity contribution is 0.0939. The lowest BCUT2D eigenvalue weighted by atomic mass is 10.0. The van der Waals surface area contributed by atoms with Gasteiger partial charge >= 0.3 is 0 Å². The summed E-state index contributed by atoms with van der Waals surface area (Å²) in [5.41, 5.74) is 2.18. The summed E-state index contributed by atoms with van der Waals surface area (Å²) in [5.74, 6) is 0.855. The number of hydrogen-bond donors (Lipinski definition) is 1. The minimum atomic E-state index is -0.0136. The molecule has 1 N–H and O–H groups in total. The Hall–Kier alpha value is -1.81. The second-order valence-corrected chi connectivity index (χ2v) is 5.59.